The van der Waals surface area contributed by atoms with Crippen molar-refractivity contribution in [2.45, 2.75) is 83.0 Å². The van der Waals surface area contributed by atoms with Gasteiger partial charge in [0.15, 0.2) is 0 Å². The molecule has 0 radical (unpaired) electrons. The van der Waals surface area contributed by atoms with Crippen molar-refractivity contribution in [2.75, 3.05) is 4.90 Å². The fraction of sp³-hybridized carbons (Fsp3) is 0.178. The highest BCUT2D eigenvalue weighted by Crippen LogP contribution is 2.60. The van der Waals surface area contributed by atoms with E-state index in [4.69, 9.17) is 0 Å². The highest BCUT2D eigenvalue weighted by Gasteiger charge is 2.48. The molecule has 0 saturated heterocycles. The molecule has 0 spiro atoms. The maximum absolute atomic E-state index is 2.53. The van der Waals surface area contributed by atoms with Crippen LogP contribution in [0.1, 0.15) is 116 Å². The minimum Gasteiger partial charge on any atom is -0.310 e. The Bertz CT molecular complexity index is 3460. The number of fused-ring (bicyclic) bond motifs is 6. The molecule has 2 unspecified atom stereocenters. The first-order chi connectivity index (χ1) is 35.9. The van der Waals surface area contributed by atoms with Gasteiger partial charge in [-0.15, -0.1) is 0 Å². The van der Waals surface area contributed by atoms with Gasteiger partial charge in [-0.05, 0) is 148 Å². The summed E-state index contributed by atoms with van der Waals surface area (Å²) in [6.45, 7) is 16.1. The number of hydrogen-bond donors (Lipinski definition) is 0. The van der Waals surface area contributed by atoms with Gasteiger partial charge in [0.05, 0.1) is 10.8 Å². The van der Waals surface area contributed by atoms with Crippen LogP contribution in [0.25, 0.3) is 33.4 Å². The Morgan fingerprint density at radius 1 is 0.324 bits per heavy atom. The summed E-state index contributed by atoms with van der Waals surface area (Å²) in [5.74, 6) is 0. The molecule has 0 aliphatic heterocycles. The zero-order chi connectivity index (χ0) is 50.8. The molecule has 2 aliphatic carbocycles. The fourth-order valence-electron chi connectivity index (χ4n) is 12.6. The van der Waals surface area contributed by atoms with Crippen molar-refractivity contribution in [3.63, 3.8) is 0 Å². The predicted molar refractivity (Wildman–Crippen MR) is 313 cm³/mol. The largest absolute Gasteiger partial charge is 0.310 e. The van der Waals surface area contributed by atoms with Gasteiger partial charge in [0.2, 0.25) is 0 Å². The van der Waals surface area contributed by atoms with E-state index in [0.717, 1.165) is 29.9 Å². The van der Waals surface area contributed by atoms with Gasteiger partial charge in [-0.1, -0.05) is 261 Å². The van der Waals surface area contributed by atoms with Crippen molar-refractivity contribution in [1.82, 2.24) is 0 Å². The summed E-state index contributed by atoms with van der Waals surface area (Å²) in [4.78, 5) is 2.53. The molecule has 10 aromatic carbocycles. The maximum Gasteiger partial charge on any atom is 0.0714 e. The first kappa shape index (κ1) is 47.0. The van der Waals surface area contributed by atoms with E-state index in [0.29, 0.717) is 0 Å². The zero-order valence-corrected chi connectivity index (χ0v) is 44.0. The van der Waals surface area contributed by atoms with Crippen molar-refractivity contribution >= 4 is 17.1 Å². The van der Waals surface area contributed by atoms with Gasteiger partial charge in [0.1, 0.15) is 0 Å². The van der Waals surface area contributed by atoms with E-state index < -0.39 is 10.8 Å². The van der Waals surface area contributed by atoms with Gasteiger partial charge < -0.3 is 4.90 Å². The molecular formula is C73H65N. The maximum atomic E-state index is 2.53. The van der Waals surface area contributed by atoms with Crippen LogP contribution in [0.3, 0.4) is 0 Å². The Morgan fingerprint density at radius 3 is 1.18 bits per heavy atom. The molecule has 0 N–H and O–H groups in total. The number of nitrogens with zero attached hydrogens (tertiary/aromatic N) is 1. The van der Waals surface area contributed by atoms with E-state index in [1.807, 2.05) is 0 Å². The summed E-state index contributed by atoms with van der Waals surface area (Å²) in [5, 5.41) is 0. The average Bonchev–Trinajstić information content (AvgIpc) is 3.90. The lowest BCUT2D eigenvalue weighted by Crippen LogP contribution is -2.29. The molecule has 74 heavy (non-hydrogen) atoms. The second-order valence-corrected chi connectivity index (χ2v) is 22.8. The second-order valence-electron chi connectivity index (χ2n) is 22.8. The molecule has 0 bridgehead atoms. The third-order valence-corrected chi connectivity index (χ3v) is 16.3. The van der Waals surface area contributed by atoms with Crippen molar-refractivity contribution in [3.8, 4) is 33.4 Å². The molecule has 0 heterocycles. The quantitative estimate of drug-likeness (QED) is 0.132. The van der Waals surface area contributed by atoms with E-state index in [1.165, 1.54) is 94.6 Å². The number of benzene rings is 10. The molecule has 12 rings (SSSR count). The third-order valence-electron chi connectivity index (χ3n) is 16.3. The van der Waals surface area contributed by atoms with E-state index in [-0.39, 0.29) is 10.8 Å². The van der Waals surface area contributed by atoms with E-state index in [1.54, 1.807) is 0 Å². The summed E-state index contributed by atoms with van der Waals surface area (Å²) in [5.41, 5.74) is 23.9. The summed E-state index contributed by atoms with van der Waals surface area (Å²) in [6.07, 6.45) is 2.21. The topological polar surface area (TPSA) is 3.24 Å². The van der Waals surface area contributed by atoms with E-state index in [2.05, 4.69) is 296 Å². The van der Waals surface area contributed by atoms with Crippen molar-refractivity contribution in [2.24, 2.45) is 0 Å². The molecular weight excluding hydrogens is 891 g/mol. The minimum absolute atomic E-state index is 0.0227. The van der Waals surface area contributed by atoms with Crippen LogP contribution in [0.15, 0.2) is 243 Å². The summed E-state index contributed by atoms with van der Waals surface area (Å²) in [6, 6.07) is 92.6. The van der Waals surface area contributed by atoms with Crippen LogP contribution in [0.4, 0.5) is 17.1 Å². The van der Waals surface area contributed by atoms with Crippen LogP contribution >= 0.6 is 0 Å². The van der Waals surface area contributed by atoms with Gasteiger partial charge in [0.25, 0.3) is 0 Å². The highest BCUT2D eigenvalue weighted by molar-refractivity contribution is 5.92. The zero-order valence-electron chi connectivity index (χ0n) is 44.0. The summed E-state index contributed by atoms with van der Waals surface area (Å²) < 4.78 is 0. The summed E-state index contributed by atoms with van der Waals surface area (Å²) in [7, 11) is 0. The Balaban J connectivity index is 1.13. The number of aryl methyl sites for hydroxylation is 1. The highest BCUT2D eigenvalue weighted by atomic mass is 15.1. The van der Waals surface area contributed by atoms with Crippen LogP contribution in [0.5, 0.6) is 0 Å². The fourth-order valence-corrected chi connectivity index (χ4v) is 12.6. The molecule has 0 saturated carbocycles. The molecule has 10 aromatic rings. The lowest BCUT2D eigenvalue weighted by molar-refractivity contribution is 0.589. The monoisotopic (exact) mass is 956 g/mol. The first-order valence-electron chi connectivity index (χ1n) is 26.7. The Morgan fingerprint density at radius 2 is 0.730 bits per heavy atom. The van der Waals surface area contributed by atoms with Crippen LogP contribution < -0.4 is 4.90 Å². The molecule has 1 nitrogen and oxygen atoms in total. The predicted octanol–water partition coefficient (Wildman–Crippen LogP) is 19.1. The molecule has 0 aromatic heterocycles. The molecule has 0 amide bonds. The van der Waals surface area contributed by atoms with E-state index >= 15 is 0 Å². The van der Waals surface area contributed by atoms with Gasteiger partial charge in [-0.3, -0.25) is 0 Å². The molecule has 1 heteroatoms. The molecule has 2 atom stereocenters. The average molecular weight is 956 g/mol. The Hall–Kier alpha value is -8.00. The number of hydrogen-bond acceptors (Lipinski definition) is 1. The van der Waals surface area contributed by atoms with Gasteiger partial charge in [-0.2, -0.15) is 0 Å². The van der Waals surface area contributed by atoms with Crippen molar-refractivity contribution < 1.29 is 0 Å². The van der Waals surface area contributed by atoms with Crippen molar-refractivity contribution in [1.29, 1.82) is 0 Å². The van der Waals surface area contributed by atoms with Crippen LogP contribution in [-0.4, -0.2) is 0 Å². The number of rotatable bonds is 10. The summed E-state index contributed by atoms with van der Waals surface area (Å²) >= 11 is 0. The van der Waals surface area contributed by atoms with Crippen molar-refractivity contribution in [3.05, 3.63) is 304 Å². The van der Waals surface area contributed by atoms with Crippen LogP contribution in [0.2, 0.25) is 0 Å². The lowest BCUT2D eigenvalue weighted by Gasteiger charge is -2.36. The Labute approximate surface area is 439 Å². The molecule has 0 fully saturated rings. The normalized spacial score (nSPS) is 16.5. The second kappa shape index (κ2) is 18.2. The first-order valence-corrected chi connectivity index (χ1v) is 26.7. The standard InChI is InChI=1S/C73H65N/c1-8-20-50-31-33-51(34-32-50)52-21-19-26-59(47-52)74(60-43-45-64-62-27-15-17-29-66(62)72(68(64)48-60,55-22-11-9-12-23-55)57-39-35-53(36-40-57)70(2,3)4)61-44-46-65-63-28-16-18-30-67(63)73(69(65)49-61,56-24-13-10-14-25-56)58-41-37-54(38-42-58)71(5,6)7/h9-19,21-49H,8,20H2,1-7H3. The van der Waals surface area contributed by atoms with Gasteiger partial charge >= 0.3 is 0 Å². The molecule has 362 valence electrons. The van der Waals surface area contributed by atoms with Crippen LogP contribution in [-0.2, 0) is 28.1 Å². The third kappa shape index (κ3) is 7.59. The SMILES string of the molecule is CCCc1ccc(-c2cccc(N(c3ccc4c(c3)C(c3ccccc3)(c3ccc(C(C)(C)C)cc3)c3ccccc3-4)c3ccc4c(c3)C(c3ccccc3)(c3ccc(C(C)(C)C)cc3)c3ccccc3-4)c2)cc1. The lowest BCUT2D eigenvalue weighted by atomic mass is 9.67. The van der Waals surface area contributed by atoms with E-state index in [9.17, 15) is 0 Å². The Kier molecular flexibility index (Phi) is 11.6. The van der Waals surface area contributed by atoms with Gasteiger partial charge in [0, 0.05) is 17.1 Å². The van der Waals surface area contributed by atoms with Gasteiger partial charge in [-0.25, -0.2) is 0 Å². The van der Waals surface area contributed by atoms with Crippen LogP contribution in [0, 0.1) is 0 Å². The minimum atomic E-state index is -0.575. The number of anilines is 3. The smallest absolute Gasteiger partial charge is 0.0714 e. The molecule has 2 aliphatic rings.